The number of hydrogen-bond acceptors (Lipinski definition) is 1. The number of rotatable bonds is 6. The zero-order valence-corrected chi connectivity index (χ0v) is 9.87. The minimum Gasteiger partial charge on any atom is -0.481 e. The van der Waals surface area contributed by atoms with Crippen molar-refractivity contribution >= 4 is 5.97 Å². The van der Waals surface area contributed by atoms with Gasteiger partial charge in [0.2, 0.25) is 0 Å². The lowest BCUT2D eigenvalue weighted by molar-refractivity contribution is -0.143. The first-order chi connectivity index (χ1) is 7.24. The summed E-state index contributed by atoms with van der Waals surface area (Å²) >= 11 is 0. The minimum absolute atomic E-state index is 0.0445. The molecule has 0 aromatic heterocycles. The van der Waals surface area contributed by atoms with Crippen LogP contribution in [-0.2, 0) is 4.79 Å². The van der Waals surface area contributed by atoms with Crippen molar-refractivity contribution in [1.29, 1.82) is 0 Å². The van der Waals surface area contributed by atoms with Crippen LogP contribution in [0.5, 0.6) is 0 Å². The second kappa shape index (κ2) is 6.86. The molecule has 2 heteroatoms. The van der Waals surface area contributed by atoms with E-state index < -0.39 is 5.97 Å². The summed E-state index contributed by atoms with van der Waals surface area (Å²) in [6.07, 6.45) is 10.8. The highest BCUT2D eigenvalue weighted by Gasteiger charge is 2.25. The first-order valence-corrected chi connectivity index (χ1v) is 6.46. The van der Waals surface area contributed by atoms with Gasteiger partial charge < -0.3 is 5.11 Å². The monoisotopic (exact) mass is 212 g/mol. The van der Waals surface area contributed by atoms with Gasteiger partial charge in [0.1, 0.15) is 0 Å². The Hall–Kier alpha value is -0.530. The van der Waals surface area contributed by atoms with Crippen LogP contribution < -0.4 is 0 Å². The smallest absolute Gasteiger partial charge is 0.306 e. The van der Waals surface area contributed by atoms with Crippen LogP contribution in [0.25, 0.3) is 0 Å². The third-order valence-electron chi connectivity index (χ3n) is 3.66. The van der Waals surface area contributed by atoms with Gasteiger partial charge in [0.05, 0.1) is 5.92 Å². The van der Waals surface area contributed by atoms with Gasteiger partial charge in [-0.15, -0.1) is 0 Å². The summed E-state index contributed by atoms with van der Waals surface area (Å²) in [5.41, 5.74) is 0. The van der Waals surface area contributed by atoms with Crippen LogP contribution >= 0.6 is 0 Å². The summed E-state index contributed by atoms with van der Waals surface area (Å²) in [5.74, 6) is 0.189. The SMILES string of the molecule is CCCCCC[C@H]1CC[C@H](C(=O)O)CC1. The molecule has 0 amide bonds. The zero-order chi connectivity index (χ0) is 11.1. The largest absolute Gasteiger partial charge is 0.481 e. The second-order valence-corrected chi connectivity index (χ2v) is 4.91. The molecule has 2 nitrogen and oxygen atoms in total. The molecule has 0 unspecified atom stereocenters. The van der Waals surface area contributed by atoms with Crippen molar-refractivity contribution in [3.63, 3.8) is 0 Å². The average molecular weight is 212 g/mol. The minimum atomic E-state index is -0.584. The van der Waals surface area contributed by atoms with Crippen LogP contribution in [0.15, 0.2) is 0 Å². The maximum Gasteiger partial charge on any atom is 0.306 e. The molecule has 1 N–H and O–H groups in total. The quantitative estimate of drug-likeness (QED) is 0.679. The Morgan fingerprint density at radius 1 is 1.13 bits per heavy atom. The van der Waals surface area contributed by atoms with Gasteiger partial charge in [0, 0.05) is 0 Å². The van der Waals surface area contributed by atoms with Crippen molar-refractivity contribution in [1.82, 2.24) is 0 Å². The van der Waals surface area contributed by atoms with Crippen molar-refractivity contribution in [2.24, 2.45) is 11.8 Å². The molecule has 0 saturated heterocycles. The fraction of sp³-hybridized carbons (Fsp3) is 0.923. The fourth-order valence-corrected chi connectivity index (χ4v) is 2.56. The molecule has 0 aromatic carbocycles. The molecule has 1 rings (SSSR count). The summed E-state index contributed by atoms with van der Waals surface area (Å²) in [4.78, 5) is 10.8. The van der Waals surface area contributed by atoms with E-state index in [0.29, 0.717) is 0 Å². The Bertz CT molecular complexity index is 181. The molecule has 0 atom stereocenters. The highest BCUT2D eigenvalue weighted by atomic mass is 16.4. The van der Waals surface area contributed by atoms with Gasteiger partial charge in [-0.1, -0.05) is 39.0 Å². The normalized spacial score (nSPS) is 26.5. The van der Waals surface area contributed by atoms with E-state index in [2.05, 4.69) is 6.92 Å². The molecule has 88 valence electrons. The Balaban J connectivity index is 2.07. The van der Waals surface area contributed by atoms with Crippen LogP contribution in [0.4, 0.5) is 0 Å². The number of hydrogen-bond donors (Lipinski definition) is 1. The van der Waals surface area contributed by atoms with Gasteiger partial charge in [-0.3, -0.25) is 4.79 Å². The van der Waals surface area contributed by atoms with Gasteiger partial charge in [-0.05, 0) is 31.6 Å². The number of aliphatic carboxylic acids is 1. The Kier molecular flexibility index (Phi) is 5.74. The summed E-state index contributed by atoms with van der Waals surface area (Å²) in [7, 11) is 0. The summed E-state index contributed by atoms with van der Waals surface area (Å²) in [6.45, 7) is 2.23. The molecule has 1 aliphatic rings. The van der Waals surface area contributed by atoms with Crippen molar-refractivity contribution < 1.29 is 9.90 Å². The average Bonchev–Trinajstić information content (AvgIpc) is 2.25. The summed E-state index contributed by atoms with van der Waals surface area (Å²) in [6, 6.07) is 0. The Labute approximate surface area is 93.1 Å². The van der Waals surface area contributed by atoms with E-state index in [0.717, 1.165) is 31.6 Å². The van der Waals surface area contributed by atoms with Gasteiger partial charge in [0.25, 0.3) is 0 Å². The molecule has 0 bridgehead atoms. The van der Waals surface area contributed by atoms with Crippen molar-refractivity contribution in [2.45, 2.75) is 64.7 Å². The van der Waals surface area contributed by atoms with E-state index in [9.17, 15) is 4.79 Å². The molecule has 15 heavy (non-hydrogen) atoms. The standard InChI is InChI=1S/C13H24O2/c1-2-3-4-5-6-11-7-9-12(10-8-11)13(14)15/h11-12H,2-10H2,1H3,(H,14,15)/t11-,12-. The van der Waals surface area contributed by atoms with E-state index in [-0.39, 0.29) is 5.92 Å². The van der Waals surface area contributed by atoms with E-state index in [1.807, 2.05) is 0 Å². The van der Waals surface area contributed by atoms with Gasteiger partial charge >= 0.3 is 5.97 Å². The Morgan fingerprint density at radius 3 is 2.33 bits per heavy atom. The van der Waals surface area contributed by atoms with Crippen LogP contribution in [-0.4, -0.2) is 11.1 Å². The van der Waals surface area contributed by atoms with Crippen molar-refractivity contribution in [3.8, 4) is 0 Å². The molecule has 0 spiro atoms. The van der Waals surface area contributed by atoms with Crippen LogP contribution in [0.2, 0.25) is 0 Å². The third kappa shape index (κ3) is 4.67. The van der Waals surface area contributed by atoms with E-state index in [1.54, 1.807) is 0 Å². The van der Waals surface area contributed by atoms with Crippen LogP contribution in [0, 0.1) is 11.8 Å². The maximum absolute atomic E-state index is 10.8. The van der Waals surface area contributed by atoms with Crippen LogP contribution in [0.1, 0.15) is 64.7 Å². The molecular formula is C13H24O2. The van der Waals surface area contributed by atoms with E-state index >= 15 is 0 Å². The maximum atomic E-state index is 10.8. The first kappa shape index (κ1) is 12.5. The van der Waals surface area contributed by atoms with Gasteiger partial charge in [0.15, 0.2) is 0 Å². The second-order valence-electron chi connectivity index (χ2n) is 4.91. The molecule has 0 heterocycles. The molecule has 1 saturated carbocycles. The number of unbranched alkanes of at least 4 members (excludes halogenated alkanes) is 3. The van der Waals surface area contributed by atoms with Crippen molar-refractivity contribution in [3.05, 3.63) is 0 Å². The van der Waals surface area contributed by atoms with Gasteiger partial charge in [-0.2, -0.15) is 0 Å². The Morgan fingerprint density at radius 2 is 1.80 bits per heavy atom. The zero-order valence-electron chi connectivity index (χ0n) is 9.87. The lowest BCUT2D eigenvalue weighted by atomic mass is 9.80. The number of carboxylic acid groups (broad SMARTS) is 1. The highest BCUT2D eigenvalue weighted by Crippen LogP contribution is 2.32. The first-order valence-electron chi connectivity index (χ1n) is 6.46. The lowest BCUT2D eigenvalue weighted by Gasteiger charge is -2.25. The summed E-state index contributed by atoms with van der Waals surface area (Å²) in [5, 5.41) is 8.87. The summed E-state index contributed by atoms with van der Waals surface area (Å²) < 4.78 is 0. The molecule has 0 radical (unpaired) electrons. The molecule has 0 aliphatic heterocycles. The van der Waals surface area contributed by atoms with Crippen molar-refractivity contribution in [2.75, 3.05) is 0 Å². The number of carbonyl (C=O) groups is 1. The third-order valence-corrected chi connectivity index (χ3v) is 3.66. The topological polar surface area (TPSA) is 37.3 Å². The van der Waals surface area contributed by atoms with Crippen LogP contribution in [0.3, 0.4) is 0 Å². The number of carboxylic acids is 1. The predicted octanol–water partition coefficient (Wildman–Crippen LogP) is 3.85. The molecule has 1 fully saturated rings. The van der Waals surface area contributed by atoms with E-state index in [4.69, 9.17) is 5.11 Å². The van der Waals surface area contributed by atoms with Gasteiger partial charge in [-0.25, -0.2) is 0 Å². The molecular weight excluding hydrogens is 188 g/mol. The predicted molar refractivity (Wildman–Crippen MR) is 61.8 cm³/mol. The van der Waals surface area contributed by atoms with E-state index in [1.165, 1.54) is 32.1 Å². The molecule has 1 aliphatic carbocycles. The fourth-order valence-electron chi connectivity index (χ4n) is 2.56. The highest BCUT2D eigenvalue weighted by molar-refractivity contribution is 5.69. The molecule has 0 aromatic rings. The lowest BCUT2D eigenvalue weighted by Crippen LogP contribution is -2.21.